The summed E-state index contributed by atoms with van der Waals surface area (Å²) in [5.74, 6) is -0.511. The van der Waals surface area contributed by atoms with Gasteiger partial charge in [0.1, 0.15) is 6.04 Å². The van der Waals surface area contributed by atoms with Gasteiger partial charge in [-0.15, -0.1) is 0 Å². The van der Waals surface area contributed by atoms with Gasteiger partial charge in [0, 0.05) is 12.1 Å². The van der Waals surface area contributed by atoms with E-state index in [0.717, 1.165) is 22.2 Å². The van der Waals surface area contributed by atoms with E-state index in [2.05, 4.69) is 5.32 Å². The van der Waals surface area contributed by atoms with Crippen LogP contribution in [-0.2, 0) is 14.8 Å². The molecular weight excluding hydrogens is 370 g/mol. The van der Waals surface area contributed by atoms with Gasteiger partial charge in [0.2, 0.25) is 15.9 Å². The van der Waals surface area contributed by atoms with Gasteiger partial charge in [-0.3, -0.25) is 19.2 Å². The average Bonchev–Trinajstić information content (AvgIpc) is 2.61. The minimum absolute atomic E-state index is 0.0571. The Kier molecular flexibility index (Phi) is 6.17. The van der Waals surface area contributed by atoms with Crippen molar-refractivity contribution < 1.29 is 18.1 Å². The molecule has 0 spiro atoms. The molecule has 2 aromatic rings. The quantitative estimate of drug-likeness (QED) is 0.576. The number of amides is 1. The Labute approximate surface area is 158 Å². The number of sulfonamides is 1. The van der Waals surface area contributed by atoms with Crippen molar-refractivity contribution in [2.24, 2.45) is 0 Å². The molecule has 0 radical (unpaired) electrons. The van der Waals surface area contributed by atoms with E-state index in [4.69, 9.17) is 0 Å². The van der Waals surface area contributed by atoms with Crippen LogP contribution in [0.4, 0.5) is 11.4 Å². The van der Waals surface area contributed by atoms with Gasteiger partial charge in [0.25, 0.3) is 5.69 Å². The zero-order chi connectivity index (χ0) is 20.2. The molecule has 0 aliphatic carbocycles. The van der Waals surface area contributed by atoms with E-state index in [-0.39, 0.29) is 17.4 Å². The summed E-state index contributed by atoms with van der Waals surface area (Å²) in [6.07, 6.45) is 0.955. The molecule has 0 aliphatic heterocycles. The van der Waals surface area contributed by atoms with Crippen molar-refractivity contribution >= 4 is 27.3 Å². The van der Waals surface area contributed by atoms with Crippen LogP contribution in [0.15, 0.2) is 54.6 Å². The molecule has 27 heavy (non-hydrogen) atoms. The van der Waals surface area contributed by atoms with Crippen molar-refractivity contribution in [1.82, 2.24) is 5.32 Å². The summed E-state index contributed by atoms with van der Waals surface area (Å²) in [6, 6.07) is 13.0. The number of hydrogen-bond donors (Lipinski definition) is 1. The molecule has 2 rings (SSSR count). The Hall–Kier alpha value is -2.94. The summed E-state index contributed by atoms with van der Waals surface area (Å²) in [5.41, 5.74) is 0.674. The minimum atomic E-state index is -3.86. The first kappa shape index (κ1) is 20.4. The van der Waals surface area contributed by atoms with Crippen molar-refractivity contribution in [2.45, 2.75) is 25.9 Å². The van der Waals surface area contributed by atoms with Gasteiger partial charge in [-0.2, -0.15) is 0 Å². The number of anilines is 1. The Morgan fingerprint density at radius 2 is 1.74 bits per heavy atom. The molecule has 9 heteroatoms. The predicted octanol–water partition coefficient (Wildman–Crippen LogP) is 2.63. The van der Waals surface area contributed by atoms with Crippen LogP contribution in [0, 0.1) is 10.1 Å². The fourth-order valence-electron chi connectivity index (χ4n) is 2.71. The highest BCUT2D eigenvalue weighted by Crippen LogP contribution is 2.25. The summed E-state index contributed by atoms with van der Waals surface area (Å²) in [4.78, 5) is 23.0. The Bertz CT molecular complexity index is 931. The molecule has 1 unspecified atom stereocenters. The summed E-state index contributed by atoms with van der Waals surface area (Å²) < 4.78 is 25.5. The van der Waals surface area contributed by atoms with E-state index in [9.17, 15) is 23.3 Å². The molecule has 0 aromatic heterocycles. The fourth-order valence-corrected chi connectivity index (χ4v) is 3.88. The molecule has 0 fully saturated rings. The second-order valence-corrected chi connectivity index (χ2v) is 8.01. The lowest BCUT2D eigenvalue weighted by Crippen LogP contribution is -2.48. The number of carbonyl (C=O) groups excluding carboxylic acids is 1. The SMILES string of the molecule is CC(C(=O)N[C@H](C)c1ccccc1)N(c1cccc([N+](=O)[O-])c1)S(C)(=O)=O. The fraction of sp³-hybridized carbons (Fsp3) is 0.278. The zero-order valence-electron chi connectivity index (χ0n) is 15.2. The Morgan fingerprint density at radius 1 is 1.11 bits per heavy atom. The second kappa shape index (κ2) is 8.17. The average molecular weight is 391 g/mol. The molecule has 0 aliphatic rings. The number of nitrogens with one attached hydrogen (secondary N) is 1. The van der Waals surface area contributed by atoms with Crippen LogP contribution in [0.2, 0.25) is 0 Å². The van der Waals surface area contributed by atoms with Gasteiger partial charge in [0.15, 0.2) is 0 Å². The number of carbonyl (C=O) groups is 1. The maximum Gasteiger partial charge on any atom is 0.271 e. The normalized spacial score (nSPS) is 13.4. The van der Waals surface area contributed by atoms with Gasteiger partial charge in [-0.1, -0.05) is 36.4 Å². The standard InChI is InChI=1S/C18H21N3O5S/c1-13(15-8-5-4-6-9-15)19-18(22)14(2)20(27(3,25)26)16-10-7-11-17(12-16)21(23)24/h4-14H,1-3H3,(H,19,22)/t13-,14?/m1/s1. The number of nitrogens with zero attached hydrogens (tertiary/aromatic N) is 2. The molecular formula is C18H21N3O5S. The van der Waals surface area contributed by atoms with Gasteiger partial charge in [-0.05, 0) is 25.5 Å². The first-order valence-corrected chi connectivity index (χ1v) is 10.0. The van der Waals surface area contributed by atoms with Crippen molar-refractivity contribution in [3.05, 3.63) is 70.3 Å². The van der Waals surface area contributed by atoms with Crippen LogP contribution in [0.1, 0.15) is 25.5 Å². The van der Waals surface area contributed by atoms with Crippen LogP contribution in [0.5, 0.6) is 0 Å². The smallest absolute Gasteiger partial charge is 0.271 e. The Balaban J connectivity index is 2.30. The molecule has 0 bridgehead atoms. The highest BCUT2D eigenvalue weighted by atomic mass is 32.2. The van der Waals surface area contributed by atoms with Crippen LogP contribution in [0.3, 0.4) is 0 Å². The predicted molar refractivity (Wildman–Crippen MR) is 103 cm³/mol. The van der Waals surface area contributed by atoms with E-state index >= 15 is 0 Å². The minimum Gasteiger partial charge on any atom is -0.348 e. The summed E-state index contributed by atoms with van der Waals surface area (Å²) >= 11 is 0. The maximum atomic E-state index is 12.7. The summed E-state index contributed by atoms with van der Waals surface area (Å²) in [7, 11) is -3.86. The van der Waals surface area contributed by atoms with E-state index in [1.165, 1.54) is 25.1 Å². The molecule has 0 saturated heterocycles. The van der Waals surface area contributed by atoms with Crippen molar-refractivity contribution in [3.8, 4) is 0 Å². The highest BCUT2D eigenvalue weighted by molar-refractivity contribution is 7.92. The number of non-ortho nitro benzene ring substituents is 1. The van der Waals surface area contributed by atoms with Crippen LogP contribution < -0.4 is 9.62 Å². The highest BCUT2D eigenvalue weighted by Gasteiger charge is 2.30. The van der Waals surface area contributed by atoms with Crippen LogP contribution >= 0.6 is 0 Å². The van der Waals surface area contributed by atoms with Gasteiger partial charge >= 0.3 is 0 Å². The lowest BCUT2D eigenvalue weighted by molar-refractivity contribution is -0.384. The zero-order valence-corrected chi connectivity index (χ0v) is 16.0. The molecule has 2 aromatic carbocycles. The third-order valence-corrected chi connectivity index (χ3v) is 5.28. The maximum absolute atomic E-state index is 12.7. The third-order valence-electron chi connectivity index (χ3n) is 4.04. The number of nitro benzene ring substituents is 1. The molecule has 8 nitrogen and oxygen atoms in total. The molecule has 1 N–H and O–H groups in total. The number of hydrogen-bond acceptors (Lipinski definition) is 5. The van der Waals surface area contributed by atoms with E-state index in [1.54, 1.807) is 6.92 Å². The molecule has 144 valence electrons. The number of benzene rings is 2. The Morgan fingerprint density at radius 3 is 2.30 bits per heavy atom. The van der Waals surface area contributed by atoms with Gasteiger partial charge < -0.3 is 5.32 Å². The van der Waals surface area contributed by atoms with E-state index in [0.29, 0.717) is 0 Å². The summed E-state index contributed by atoms with van der Waals surface area (Å²) in [5, 5.41) is 13.8. The van der Waals surface area contributed by atoms with Gasteiger partial charge in [0.05, 0.1) is 22.9 Å². The third kappa shape index (κ3) is 5.04. The molecule has 0 heterocycles. The topological polar surface area (TPSA) is 110 Å². The van der Waals surface area contributed by atoms with Crippen molar-refractivity contribution in [1.29, 1.82) is 0 Å². The van der Waals surface area contributed by atoms with Gasteiger partial charge in [-0.25, -0.2) is 8.42 Å². The number of rotatable bonds is 7. The van der Waals surface area contributed by atoms with Crippen LogP contribution in [0.25, 0.3) is 0 Å². The molecule has 1 amide bonds. The first-order chi connectivity index (χ1) is 12.6. The lowest BCUT2D eigenvalue weighted by atomic mass is 10.1. The van der Waals surface area contributed by atoms with Crippen molar-refractivity contribution in [3.63, 3.8) is 0 Å². The van der Waals surface area contributed by atoms with Crippen LogP contribution in [-0.4, -0.2) is 31.5 Å². The van der Waals surface area contributed by atoms with Crippen molar-refractivity contribution in [2.75, 3.05) is 10.6 Å². The number of nitro groups is 1. The molecule has 0 saturated carbocycles. The second-order valence-electron chi connectivity index (χ2n) is 6.15. The monoisotopic (exact) mass is 391 g/mol. The first-order valence-electron chi connectivity index (χ1n) is 8.20. The lowest BCUT2D eigenvalue weighted by Gasteiger charge is -2.29. The molecule has 2 atom stereocenters. The largest absolute Gasteiger partial charge is 0.348 e. The van der Waals surface area contributed by atoms with E-state index in [1.807, 2.05) is 30.3 Å². The summed E-state index contributed by atoms with van der Waals surface area (Å²) in [6.45, 7) is 3.23. The van der Waals surface area contributed by atoms with E-state index < -0.39 is 26.9 Å².